The highest BCUT2D eigenvalue weighted by Crippen LogP contribution is 2.29. The highest BCUT2D eigenvalue weighted by molar-refractivity contribution is 5.94. The monoisotopic (exact) mass is 256 g/mol. The van der Waals surface area contributed by atoms with Gasteiger partial charge in [-0.2, -0.15) is 0 Å². The molecule has 2 aromatic rings. The first-order chi connectivity index (χ1) is 9.15. The summed E-state index contributed by atoms with van der Waals surface area (Å²) in [6.07, 6.45) is 5.36. The molecular formula is C16H17FN2. The zero-order valence-corrected chi connectivity index (χ0v) is 11.0. The standard InChI is InChI=1S/C16H17FN2/c1-11(17)12-5-6-16-14(8-12)15(9-18-16)13-4-3-7-19(2)10-13/h4-6,8-9,18H,1,3,7,10H2,2H3. The van der Waals surface area contributed by atoms with Crippen LogP contribution in [0.5, 0.6) is 0 Å². The molecule has 1 aromatic heterocycles. The van der Waals surface area contributed by atoms with Crippen molar-refractivity contribution in [2.45, 2.75) is 6.42 Å². The van der Waals surface area contributed by atoms with Crippen LogP contribution in [0.3, 0.4) is 0 Å². The number of rotatable bonds is 2. The Morgan fingerprint density at radius 2 is 2.26 bits per heavy atom. The van der Waals surface area contributed by atoms with Crippen molar-refractivity contribution < 1.29 is 4.39 Å². The summed E-state index contributed by atoms with van der Waals surface area (Å²) in [6.45, 7) is 5.40. The predicted octanol–water partition coefficient (Wildman–Crippen LogP) is 3.83. The third-order valence-electron chi connectivity index (χ3n) is 3.68. The van der Waals surface area contributed by atoms with E-state index in [-0.39, 0.29) is 5.83 Å². The number of aromatic nitrogens is 1. The van der Waals surface area contributed by atoms with Gasteiger partial charge >= 0.3 is 0 Å². The van der Waals surface area contributed by atoms with Crippen LogP contribution >= 0.6 is 0 Å². The topological polar surface area (TPSA) is 19.0 Å². The number of nitrogens with one attached hydrogen (secondary N) is 1. The van der Waals surface area contributed by atoms with Gasteiger partial charge in [-0.15, -0.1) is 0 Å². The Bertz CT molecular complexity index is 666. The second kappa shape index (κ2) is 4.67. The molecule has 0 unspecified atom stereocenters. The molecule has 0 fully saturated rings. The number of H-pyrrole nitrogens is 1. The maximum Gasteiger partial charge on any atom is 0.123 e. The van der Waals surface area contributed by atoms with Crippen molar-refractivity contribution in [1.29, 1.82) is 0 Å². The summed E-state index contributed by atoms with van der Waals surface area (Å²) in [5.74, 6) is -0.385. The number of benzene rings is 1. The van der Waals surface area contributed by atoms with Crippen molar-refractivity contribution in [2.75, 3.05) is 20.1 Å². The van der Waals surface area contributed by atoms with Crippen molar-refractivity contribution in [2.24, 2.45) is 0 Å². The molecule has 0 saturated heterocycles. The van der Waals surface area contributed by atoms with Gasteiger partial charge in [-0.3, -0.25) is 0 Å². The lowest BCUT2D eigenvalue weighted by atomic mass is 9.99. The van der Waals surface area contributed by atoms with E-state index in [1.807, 2.05) is 18.3 Å². The Morgan fingerprint density at radius 1 is 1.42 bits per heavy atom. The van der Waals surface area contributed by atoms with Crippen LogP contribution in [0, 0.1) is 0 Å². The summed E-state index contributed by atoms with van der Waals surface area (Å²) in [7, 11) is 2.12. The van der Waals surface area contributed by atoms with Crippen molar-refractivity contribution >= 4 is 22.3 Å². The summed E-state index contributed by atoms with van der Waals surface area (Å²) in [4.78, 5) is 5.55. The van der Waals surface area contributed by atoms with E-state index in [4.69, 9.17) is 0 Å². The first-order valence-electron chi connectivity index (χ1n) is 6.49. The lowest BCUT2D eigenvalue weighted by Gasteiger charge is -2.22. The van der Waals surface area contributed by atoms with Gasteiger partial charge < -0.3 is 9.88 Å². The molecule has 0 amide bonds. The van der Waals surface area contributed by atoms with E-state index in [2.05, 4.69) is 29.6 Å². The second-order valence-electron chi connectivity index (χ2n) is 5.12. The molecular weight excluding hydrogens is 239 g/mol. The van der Waals surface area contributed by atoms with Crippen LogP contribution in [0.1, 0.15) is 17.5 Å². The van der Waals surface area contributed by atoms with E-state index in [1.54, 1.807) is 6.07 Å². The number of fused-ring (bicyclic) bond motifs is 1. The normalized spacial score (nSPS) is 16.6. The fourth-order valence-corrected chi connectivity index (χ4v) is 2.64. The van der Waals surface area contributed by atoms with E-state index in [0.29, 0.717) is 5.56 Å². The SMILES string of the molecule is C=C(F)c1ccc2[nH]cc(C3=CCCN(C)C3)c2c1. The molecule has 0 spiro atoms. The highest BCUT2D eigenvalue weighted by Gasteiger charge is 2.14. The Kier molecular flexibility index (Phi) is 2.99. The maximum atomic E-state index is 13.3. The largest absolute Gasteiger partial charge is 0.361 e. The van der Waals surface area contributed by atoms with E-state index >= 15 is 0 Å². The van der Waals surface area contributed by atoms with Gasteiger partial charge in [-0.25, -0.2) is 4.39 Å². The lowest BCUT2D eigenvalue weighted by molar-refractivity contribution is 0.373. The van der Waals surface area contributed by atoms with Gasteiger partial charge in [0, 0.05) is 41.3 Å². The number of hydrogen-bond acceptors (Lipinski definition) is 1. The average molecular weight is 256 g/mol. The third-order valence-corrected chi connectivity index (χ3v) is 3.68. The van der Waals surface area contributed by atoms with Gasteiger partial charge in [0.2, 0.25) is 0 Å². The Morgan fingerprint density at radius 3 is 3.00 bits per heavy atom. The van der Waals surface area contributed by atoms with E-state index in [0.717, 1.165) is 30.4 Å². The summed E-state index contributed by atoms with van der Waals surface area (Å²) in [5, 5.41) is 1.07. The molecule has 0 radical (unpaired) electrons. The summed E-state index contributed by atoms with van der Waals surface area (Å²) >= 11 is 0. The molecule has 0 saturated carbocycles. The molecule has 19 heavy (non-hydrogen) atoms. The van der Waals surface area contributed by atoms with Gasteiger partial charge in [0.1, 0.15) is 5.83 Å². The minimum atomic E-state index is -0.385. The molecule has 0 atom stereocenters. The second-order valence-corrected chi connectivity index (χ2v) is 5.12. The fourth-order valence-electron chi connectivity index (χ4n) is 2.64. The van der Waals surface area contributed by atoms with Gasteiger partial charge in [0.25, 0.3) is 0 Å². The molecule has 1 aliphatic heterocycles. The van der Waals surface area contributed by atoms with E-state index in [9.17, 15) is 4.39 Å². The molecule has 2 nitrogen and oxygen atoms in total. The molecule has 1 N–H and O–H groups in total. The van der Waals surface area contributed by atoms with Gasteiger partial charge in [0.15, 0.2) is 0 Å². The van der Waals surface area contributed by atoms with Crippen LogP contribution in [0.25, 0.3) is 22.3 Å². The smallest absolute Gasteiger partial charge is 0.123 e. The molecule has 2 heterocycles. The van der Waals surface area contributed by atoms with Gasteiger partial charge in [0.05, 0.1) is 0 Å². The number of hydrogen-bond donors (Lipinski definition) is 1. The highest BCUT2D eigenvalue weighted by atomic mass is 19.1. The molecule has 0 bridgehead atoms. The van der Waals surface area contributed by atoms with Gasteiger partial charge in [-0.1, -0.05) is 12.7 Å². The number of nitrogens with zero attached hydrogens (tertiary/aromatic N) is 1. The first kappa shape index (κ1) is 12.2. The number of likely N-dealkylation sites (N-methyl/N-ethyl adjacent to an activating group) is 1. The predicted molar refractivity (Wildman–Crippen MR) is 78.5 cm³/mol. The minimum absolute atomic E-state index is 0.385. The van der Waals surface area contributed by atoms with Crippen molar-refractivity contribution in [3.05, 3.63) is 48.2 Å². The third kappa shape index (κ3) is 2.22. The Balaban J connectivity index is 2.11. The van der Waals surface area contributed by atoms with Crippen molar-refractivity contribution in [3.63, 3.8) is 0 Å². The van der Waals surface area contributed by atoms with E-state index in [1.165, 1.54) is 11.1 Å². The number of aromatic amines is 1. The Hall–Kier alpha value is -1.87. The quantitative estimate of drug-likeness (QED) is 0.865. The Labute approximate surface area is 112 Å². The minimum Gasteiger partial charge on any atom is -0.361 e. The van der Waals surface area contributed by atoms with Crippen LogP contribution in [0.2, 0.25) is 0 Å². The molecule has 0 aliphatic carbocycles. The average Bonchev–Trinajstić information content (AvgIpc) is 2.81. The molecule has 1 aromatic carbocycles. The van der Waals surface area contributed by atoms with Crippen LogP contribution in [-0.4, -0.2) is 30.0 Å². The first-order valence-corrected chi connectivity index (χ1v) is 6.49. The maximum absolute atomic E-state index is 13.3. The van der Waals surface area contributed by atoms with Crippen LogP contribution in [0.4, 0.5) is 4.39 Å². The van der Waals surface area contributed by atoms with Crippen LogP contribution in [-0.2, 0) is 0 Å². The van der Waals surface area contributed by atoms with Crippen molar-refractivity contribution in [3.8, 4) is 0 Å². The van der Waals surface area contributed by atoms with Gasteiger partial charge in [-0.05, 0) is 37.2 Å². The molecule has 1 aliphatic rings. The van der Waals surface area contributed by atoms with Crippen molar-refractivity contribution in [1.82, 2.24) is 9.88 Å². The zero-order valence-electron chi connectivity index (χ0n) is 11.0. The summed E-state index contributed by atoms with van der Waals surface area (Å²) < 4.78 is 13.3. The molecule has 3 heteroatoms. The number of halogens is 1. The van der Waals surface area contributed by atoms with E-state index < -0.39 is 0 Å². The fraction of sp³-hybridized carbons (Fsp3) is 0.250. The lowest BCUT2D eigenvalue weighted by Crippen LogP contribution is -2.24. The van der Waals surface area contributed by atoms with Crippen LogP contribution < -0.4 is 0 Å². The summed E-state index contributed by atoms with van der Waals surface area (Å²) in [6, 6.07) is 5.54. The molecule has 98 valence electrons. The summed E-state index contributed by atoms with van der Waals surface area (Å²) in [5.41, 5.74) is 4.07. The molecule has 3 rings (SSSR count). The zero-order chi connectivity index (χ0) is 13.4. The van der Waals surface area contributed by atoms with Crippen LogP contribution in [0.15, 0.2) is 37.1 Å².